The van der Waals surface area contributed by atoms with Gasteiger partial charge in [0.2, 0.25) is 10.0 Å². The summed E-state index contributed by atoms with van der Waals surface area (Å²) in [5.41, 5.74) is 0. The summed E-state index contributed by atoms with van der Waals surface area (Å²) < 4.78 is 38.6. The van der Waals surface area contributed by atoms with E-state index in [1.54, 1.807) is 0 Å². The molecule has 0 radical (unpaired) electrons. The lowest BCUT2D eigenvalue weighted by atomic mass is 10.2. The first kappa shape index (κ1) is 12.6. The average Bonchev–Trinajstić information content (AvgIpc) is 2.99. The zero-order chi connectivity index (χ0) is 13.8. The molecule has 2 fully saturated rings. The van der Waals surface area contributed by atoms with E-state index in [0.29, 0.717) is 0 Å². The Kier molecular flexibility index (Phi) is 2.65. The highest BCUT2D eigenvalue weighted by molar-refractivity contribution is 7.89. The number of fused-ring (bicyclic) bond motifs is 1. The smallest absolute Gasteiger partial charge is 0.322 e. The minimum atomic E-state index is -3.87. The normalized spacial score (nSPS) is 30.1. The summed E-state index contributed by atoms with van der Waals surface area (Å²) in [5.74, 6) is -1.57. The Bertz CT molecular complexity index is 628. The van der Waals surface area contributed by atoms with E-state index in [2.05, 4.69) is 0 Å². The number of sulfonamides is 1. The summed E-state index contributed by atoms with van der Waals surface area (Å²) in [6.45, 7) is 0.237. The van der Waals surface area contributed by atoms with E-state index in [1.165, 1.54) is 0 Å². The van der Waals surface area contributed by atoms with Gasteiger partial charge in [0.15, 0.2) is 0 Å². The summed E-state index contributed by atoms with van der Waals surface area (Å²) in [5, 5.41) is 9.17. The zero-order valence-corrected chi connectivity index (χ0v) is 10.7. The van der Waals surface area contributed by atoms with E-state index in [-0.39, 0.29) is 23.3 Å². The molecule has 2 unspecified atom stereocenters. The Hall–Kier alpha value is -1.47. The quantitative estimate of drug-likeness (QED) is 0.896. The zero-order valence-electron chi connectivity index (χ0n) is 9.86. The van der Waals surface area contributed by atoms with Crippen LogP contribution in [0.3, 0.4) is 0 Å². The molecule has 0 amide bonds. The number of carboxylic acid groups (broad SMARTS) is 1. The van der Waals surface area contributed by atoms with Gasteiger partial charge in [0.1, 0.15) is 11.9 Å². The van der Waals surface area contributed by atoms with Crippen LogP contribution in [0.15, 0.2) is 29.2 Å². The summed E-state index contributed by atoms with van der Waals surface area (Å²) in [7, 11) is -3.87. The highest BCUT2D eigenvalue weighted by Crippen LogP contribution is 2.51. The topological polar surface area (TPSA) is 74.7 Å². The molecular weight excluding hydrogens is 273 g/mol. The maximum absolute atomic E-state index is 12.8. The molecule has 3 atom stereocenters. The van der Waals surface area contributed by atoms with E-state index < -0.39 is 27.9 Å². The van der Waals surface area contributed by atoms with E-state index >= 15 is 0 Å². The van der Waals surface area contributed by atoms with Crippen molar-refractivity contribution in [2.45, 2.75) is 17.4 Å². The van der Waals surface area contributed by atoms with Crippen molar-refractivity contribution >= 4 is 16.0 Å². The highest BCUT2D eigenvalue weighted by atomic mass is 32.2. The number of halogens is 1. The third kappa shape index (κ3) is 1.93. The summed E-state index contributed by atoms with van der Waals surface area (Å²) in [6.07, 6.45) is 0.770. The number of carboxylic acids is 1. The third-order valence-electron chi connectivity index (χ3n) is 3.78. The van der Waals surface area contributed by atoms with Gasteiger partial charge in [-0.1, -0.05) is 0 Å². The molecule has 5 nitrogen and oxygen atoms in total. The largest absolute Gasteiger partial charge is 0.480 e. The van der Waals surface area contributed by atoms with Crippen LogP contribution >= 0.6 is 0 Å². The molecule has 1 aromatic carbocycles. The van der Waals surface area contributed by atoms with Crippen LogP contribution in [0.4, 0.5) is 4.39 Å². The Labute approximate surface area is 109 Å². The van der Waals surface area contributed by atoms with Gasteiger partial charge in [-0.3, -0.25) is 4.79 Å². The van der Waals surface area contributed by atoms with Crippen LogP contribution in [0.5, 0.6) is 0 Å². The predicted molar refractivity (Wildman–Crippen MR) is 63.3 cm³/mol. The van der Waals surface area contributed by atoms with Gasteiger partial charge in [-0.15, -0.1) is 0 Å². The fraction of sp³-hybridized carbons (Fsp3) is 0.417. The van der Waals surface area contributed by atoms with Crippen molar-refractivity contribution < 1.29 is 22.7 Å². The summed E-state index contributed by atoms with van der Waals surface area (Å²) >= 11 is 0. The van der Waals surface area contributed by atoms with Crippen LogP contribution in [0.1, 0.15) is 6.42 Å². The number of carbonyl (C=O) groups is 1. The van der Waals surface area contributed by atoms with Crippen molar-refractivity contribution in [3.8, 4) is 0 Å². The lowest BCUT2D eigenvalue weighted by Crippen LogP contribution is -2.43. The van der Waals surface area contributed by atoms with Crippen molar-refractivity contribution in [2.24, 2.45) is 11.8 Å². The highest BCUT2D eigenvalue weighted by Gasteiger charge is 2.59. The van der Waals surface area contributed by atoms with Crippen LogP contribution in [-0.2, 0) is 14.8 Å². The number of rotatable bonds is 3. The van der Waals surface area contributed by atoms with Crippen LogP contribution in [0, 0.1) is 17.7 Å². The molecule has 0 spiro atoms. The monoisotopic (exact) mass is 285 g/mol. The van der Waals surface area contributed by atoms with Crippen molar-refractivity contribution in [1.29, 1.82) is 0 Å². The molecule has 19 heavy (non-hydrogen) atoms. The predicted octanol–water partition coefficient (Wildman–Crippen LogP) is 0.919. The fourth-order valence-corrected chi connectivity index (χ4v) is 4.41. The number of aliphatic carboxylic acids is 1. The molecule has 2 aliphatic rings. The molecule has 3 rings (SSSR count). The third-order valence-corrected chi connectivity index (χ3v) is 5.64. The van der Waals surface area contributed by atoms with Crippen LogP contribution in [0.2, 0.25) is 0 Å². The minimum absolute atomic E-state index is 0.0681. The Balaban J connectivity index is 1.96. The molecule has 0 aromatic heterocycles. The van der Waals surface area contributed by atoms with Crippen LogP contribution in [-0.4, -0.2) is 36.4 Å². The van der Waals surface area contributed by atoms with Gasteiger partial charge in [-0.25, -0.2) is 12.8 Å². The Morgan fingerprint density at radius 1 is 1.32 bits per heavy atom. The minimum Gasteiger partial charge on any atom is -0.480 e. The number of hydrogen-bond donors (Lipinski definition) is 1. The Morgan fingerprint density at radius 2 is 1.95 bits per heavy atom. The van der Waals surface area contributed by atoms with Gasteiger partial charge >= 0.3 is 5.97 Å². The number of nitrogens with zero attached hydrogens (tertiary/aromatic N) is 1. The van der Waals surface area contributed by atoms with Crippen molar-refractivity contribution in [3.05, 3.63) is 30.1 Å². The van der Waals surface area contributed by atoms with E-state index in [0.717, 1.165) is 35.0 Å². The first-order valence-electron chi connectivity index (χ1n) is 5.91. The second-order valence-corrected chi connectivity index (χ2v) is 6.86. The molecular formula is C12H12FNO4S. The maximum atomic E-state index is 12.8. The van der Waals surface area contributed by atoms with E-state index in [4.69, 9.17) is 5.11 Å². The van der Waals surface area contributed by atoms with Gasteiger partial charge in [0, 0.05) is 6.54 Å². The second kappa shape index (κ2) is 4.01. The number of hydrogen-bond acceptors (Lipinski definition) is 3. The molecule has 7 heteroatoms. The SMILES string of the molecule is O=C(O)[C@@H]1C2CC2CN1S(=O)(=O)c1ccc(F)cc1. The number of benzene rings is 1. The summed E-state index contributed by atoms with van der Waals surface area (Å²) in [6, 6.07) is 3.44. The molecule has 1 saturated carbocycles. The van der Waals surface area contributed by atoms with Gasteiger partial charge in [0.25, 0.3) is 0 Å². The molecule has 1 N–H and O–H groups in total. The molecule has 0 bridgehead atoms. The summed E-state index contributed by atoms with van der Waals surface area (Å²) in [4.78, 5) is 11.1. The first-order chi connectivity index (χ1) is 8.91. The number of piperidine rings is 1. The first-order valence-corrected chi connectivity index (χ1v) is 7.35. The van der Waals surface area contributed by atoms with E-state index in [1.807, 2.05) is 0 Å². The second-order valence-electron chi connectivity index (χ2n) is 4.97. The molecule has 1 aliphatic heterocycles. The molecule has 1 aromatic rings. The average molecular weight is 285 g/mol. The van der Waals surface area contributed by atoms with Gasteiger partial charge < -0.3 is 5.11 Å². The molecule has 1 aliphatic carbocycles. The molecule has 1 heterocycles. The maximum Gasteiger partial charge on any atom is 0.322 e. The van der Waals surface area contributed by atoms with Crippen LogP contribution < -0.4 is 0 Å². The van der Waals surface area contributed by atoms with Gasteiger partial charge in [-0.05, 0) is 42.5 Å². The van der Waals surface area contributed by atoms with Crippen molar-refractivity contribution in [1.82, 2.24) is 4.31 Å². The van der Waals surface area contributed by atoms with Crippen LogP contribution in [0.25, 0.3) is 0 Å². The van der Waals surface area contributed by atoms with E-state index in [9.17, 15) is 17.6 Å². The lowest BCUT2D eigenvalue weighted by Gasteiger charge is -2.23. The Morgan fingerprint density at radius 3 is 2.53 bits per heavy atom. The van der Waals surface area contributed by atoms with Gasteiger partial charge in [-0.2, -0.15) is 4.31 Å². The molecule has 1 saturated heterocycles. The molecule has 102 valence electrons. The standard InChI is InChI=1S/C12H12FNO4S/c13-8-1-3-9(4-2-8)19(17,18)14-6-7-5-10(7)11(14)12(15)16/h1-4,7,10-11H,5-6H2,(H,15,16)/t7?,10?,11-/m0/s1. The fourth-order valence-electron chi connectivity index (χ4n) is 2.72. The lowest BCUT2D eigenvalue weighted by molar-refractivity contribution is -0.141. The van der Waals surface area contributed by atoms with Gasteiger partial charge in [0.05, 0.1) is 4.90 Å². The van der Waals surface area contributed by atoms with Crippen molar-refractivity contribution in [3.63, 3.8) is 0 Å². The van der Waals surface area contributed by atoms with Crippen molar-refractivity contribution in [2.75, 3.05) is 6.54 Å².